The molecule has 7 atom stereocenters. The number of hydrogen-bond acceptors (Lipinski definition) is 6. The van der Waals surface area contributed by atoms with Crippen LogP contribution in [0.2, 0.25) is 0 Å². The number of pyridine rings is 1. The Bertz CT molecular complexity index is 1160. The molecule has 0 radical (unpaired) electrons. The van der Waals surface area contributed by atoms with Crippen LogP contribution in [-0.2, 0) is 4.74 Å². The highest BCUT2D eigenvalue weighted by Gasteiger charge is 2.59. The summed E-state index contributed by atoms with van der Waals surface area (Å²) in [6.45, 7) is 5.82. The van der Waals surface area contributed by atoms with Crippen LogP contribution >= 0.6 is 0 Å². The first kappa shape index (κ1) is 25.2. The van der Waals surface area contributed by atoms with Crippen molar-refractivity contribution in [2.45, 2.75) is 51.7 Å². The number of fused-ring (bicyclic) bond motifs is 1. The Kier molecular flexibility index (Phi) is 6.93. The summed E-state index contributed by atoms with van der Waals surface area (Å²) < 4.78 is 5.80. The Balaban J connectivity index is 1.85. The molecule has 2 saturated carbocycles. The van der Waals surface area contributed by atoms with Crippen LogP contribution in [0.5, 0.6) is 11.5 Å². The first-order chi connectivity index (χ1) is 16.6. The van der Waals surface area contributed by atoms with Crippen molar-refractivity contribution in [2.24, 2.45) is 29.6 Å². The number of methoxy groups -OCH3 is 1. The van der Waals surface area contributed by atoms with Crippen LogP contribution in [0.3, 0.4) is 0 Å². The molecule has 7 heteroatoms. The zero-order chi connectivity index (χ0) is 25.5. The van der Waals surface area contributed by atoms with E-state index in [-0.39, 0.29) is 34.6 Å². The van der Waals surface area contributed by atoms with E-state index in [1.54, 1.807) is 19.1 Å². The Labute approximate surface area is 205 Å². The monoisotopic (exact) mass is 481 g/mol. The average molecular weight is 482 g/mol. The first-order valence-electron chi connectivity index (χ1n) is 12.3. The van der Waals surface area contributed by atoms with Crippen molar-refractivity contribution in [2.75, 3.05) is 7.11 Å². The topological polar surface area (TPSA) is 120 Å². The van der Waals surface area contributed by atoms with E-state index in [0.29, 0.717) is 11.5 Å². The van der Waals surface area contributed by atoms with Crippen molar-refractivity contribution in [1.82, 2.24) is 4.98 Å². The van der Waals surface area contributed by atoms with Gasteiger partial charge in [-0.1, -0.05) is 37.6 Å². The minimum absolute atomic E-state index is 0.0379. The van der Waals surface area contributed by atoms with Crippen LogP contribution in [0.1, 0.15) is 50.4 Å². The lowest BCUT2D eigenvalue weighted by Gasteiger charge is -2.56. The number of aromatic hydroxyl groups is 2. The van der Waals surface area contributed by atoms with Gasteiger partial charge in [-0.3, -0.25) is 9.59 Å². The van der Waals surface area contributed by atoms with Gasteiger partial charge in [-0.05, 0) is 68.1 Å². The van der Waals surface area contributed by atoms with Gasteiger partial charge in [-0.15, -0.1) is 0 Å². The van der Waals surface area contributed by atoms with Crippen molar-refractivity contribution in [3.8, 4) is 22.6 Å². The third-order valence-electron chi connectivity index (χ3n) is 8.19. The summed E-state index contributed by atoms with van der Waals surface area (Å²) in [5.74, 6) is -1.53. The Morgan fingerprint density at radius 1 is 1.20 bits per heavy atom. The number of aromatic amines is 1. The fourth-order valence-corrected chi connectivity index (χ4v) is 6.58. The van der Waals surface area contributed by atoms with Crippen molar-refractivity contribution < 1.29 is 24.9 Å². The fraction of sp³-hybridized carbons (Fsp3) is 0.500. The Hall–Kier alpha value is -2.90. The van der Waals surface area contributed by atoms with E-state index in [9.17, 15) is 24.9 Å². The number of ketones is 1. The molecule has 0 amide bonds. The molecule has 2 fully saturated rings. The quantitative estimate of drug-likeness (QED) is 0.374. The largest absolute Gasteiger partial charge is 0.508 e. The van der Waals surface area contributed by atoms with Crippen LogP contribution in [0, 0.1) is 29.6 Å². The number of ether oxygens (including phenoxy) is 1. The van der Waals surface area contributed by atoms with Gasteiger partial charge in [0.15, 0.2) is 5.78 Å². The SMILES string of the molecule is C/C=C/[C@@H]1[C@@H]2C[C@H](C)CC[C@@H]2[C@](C)(O)[C@@H](OC)[C@H]1C(=O)c1c(O)c(-c2ccc(O)cc2)c[nH]c1=O. The van der Waals surface area contributed by atoms with Gasteiger partial charge < -0.3 is 25.0 Å². The molecule has 7 nitrogen and oxygen atoms in total. The van der Waals surface area contributed by atoms with E-state index < -0.39 is 34.7 Å². The molecule has 1 aromatic carbocycles. The number of allylic oxidation sites excluding steroid dienone is 2. The van der Waals surface area contributed by atoms with E-state index in [1.807, 2.05) is 19.1 Å². The van der Waals surface area contributed by atoms with Crippen LogP contribution in [0.4, 0.5) is 0 Å². The molecule has 2 aliphatic rings. The predicted octanol–water partition coefficient (Wildman–Crippen LogP) is 4.28. The summed E-state index contributed by atoms with van der Waals surface area (Å²) in [7, 11) is 1.48. The highest BCUT2D eigenvalue weighted by atomic mass is 16.5. The number of aromatic nitrogens is 1. The smallest absolute Gasteiger partial charge is 0.262 e. The van der Waals surface area contributed by atoms with E-state index in [4.69, 9.17) is 4.74 Å². The molecule has 0 aliphatic heterocycles. The number of Topliss-reactive ketones (excluding diaryl/α,β-unsaturated/α-hetero) is 1. The van der Waals surface area contributed by atoms with Gasteiger partial charge in [0, 0.05) is 18.9 Å². The lowest BCUT2D eigenvalue weighted by Crippen LogP contribution is -2.63. The molecule has 188 valence electrons. The van der Waals surface area contributed by atoms with Crippen molar-refractivity contribution in [1.29, 1.82) is 0 Å². The molecule has 0 unspecified atom stereocenters. The molecule has 2 aliphatic carbocycles. The van der Waals surface area contributed by atoms with Gasteiger partial charge in [0.2, 0.25) is 0 Å². The lowest BCUT2D eigenvalue weighted by atomic mass is 9.52. The summed E-state index contributed by atoms with van der Waals surface area (Å²) in [5, 5.41) is 32.5. The molecule has 4 rings (SSSR count). The fourth-order valence-electron chi connectivity index (χ4n) is 6.58. The second-order valence-electron chi connectivity index (χ2n) is 10.4. The summed E-state index contributed by atoms with van der Waals surface area (Å²) in [6.07, 6.45) is 7.13. The van der Waals surface area contributed by atoms with E-state index in [2.05, 4.69) is 11.9 Å². The molecule has 1 heterocycles. The number of H-pyrrole nitrogens is 1. The molecule has 0 saturated heterocycles. The number of rotatable bonds is 5. The van der Waals surface area contributed by atoms with Crippen LogP contribution in [-0.4, -0.2) is 44.9 Å². The van der Waals surface area contributed by atoms with E-state index in [0.717, 1.165) is 19.3 Å². The maximum atomic E-state index is 14.1. The molecule has 0 spiro atoms. The highest BCUT2D eigenvalue weighted by Crippen LogP contribution is 2.54. The van der Waals surface area contributed by atoms with Gasteiger partial charge in [-0.25, -0.2) is 0 Å². The summed E-state index contributed by atoms with van der Waals surface area (Å²) in [4.78, 5) is 29.6. The van der Waals surface area contributed by atoms with Crippen LogP contribution in [0.25, 0.3) is 11.1 Å². The third kappa shape index (κ3) is 4.32. The maximum absolute atomic E-state index is 14.1. The molecular weight excluding hydrogens is 446 g/mol. The summed E-state index contributed by atoms with van der Waals surface area (Å²) in [6, 6.07) is 6.12. The average Bonchev–Trinajstić information content (AvgIpc) is 2.81. The van der Waals surface area contributed by atoms with Gasteiger partial charge in [0.25, 0.3) is 5.56 Å². The minimum atomic E-state index is -1.27. The number of carbonyl (C=O) groups excluding carboxylic acids is 1. The molecular formula is C28H35NO6. The standard InChI is InChI=1S/C28H35NO6/c1-5-6-18-19-13-15(2)7-12-21(19)28(3,34)26(35-4)22(18)25(32)23-24(31)20(14-29-27(23)33)16-8-10-17(30)11-9-16/h5-6,8-11,14-15,18-19,21-22,26,30,34H,7,12-13H2,1-4H3,(H2,29,31,33)/b6-5+/t15-,18-,19+,21+,22-,26+,28+/m1/s1. The van der Waals surface area contributed by atoms with E-state index >= 15 is 0 Å². The number of phenols is 1. The van der Waals surface area contributed by atoms with Crippen molar-refractivity contribution in [3.63, 3.8) is 0 Å². The van der Waals surface area contributed by atoms with Gasteiger partial charge in [0.1, 0.15) is 17.1 Å². The van der Waals surface area contributed by atoms with E-state index in [1.165, 1.54) is 25.4 Å². The van der Waals surface area contributed by atoms with Gasteiger partial charge >= 0.3 is 0 Å². The second kappa shape index (κ2) is 9.63. The number of phenolic OH excluding ortho intramolecular Hbond substituents is 1. The predicted molar refractivity (Wildman–Crippen MR) is 133 cm³/mol. The Morgan fingerprint density at radius 3 is 2.51 bits per heavy atom. The normalized spacial score (nSPS) is 32.9. The maximum Gasteiger partial charge on any atom is 0.262 e. The zero-order valence-corrected chi connectivity index (χ0v) is 20.7. The summed E-state index contributed by atoms with van der Waals surface area (Å²) in [5.41, 5.74) is -1.49. The number of carbonyl (C=O) groups is 1. The molecule has 4 N–H and O–H groups in total. The third-order valence-corrected chi connectivity index (χ3v) is 8.19. The van der Waals surface area contributed by atoms with Crippen LogP contribution in [0.15, 0.2) is 47.4 Å². The summed E-state index contributed by atoms with van der Waals surface area (Å²) >= 11 is 0. The number of benzene rings is 1. The number of hydrogen-bond donors (Lipinski definition) is 4. The first-order valence-corrected chi connectivity index (χ1v) is 12.3. The molecule has 1 aromatic heterocycles. The van der Waals surface area contributed by atoms with Gasteiger partial charge in [0.05, 0.1) is 17.6 Å². The molecule has 35 heavy (non-hydrogen) atoms. The molecule has 0 bridgehead atoms. The molecule has 2 aromatic rings. The highest BCUT2D eigenvalue weighted by molar-refractivity contribution is 6.02. The van der Waals surface area contributed by atoms with Crippen LogP contribution < -0.4 is 5.56 Å². The number of aliphatic hydroxyl groups is 1. The van der Waals surface area contributed by atoms with Crippen molar-refractivity contribution >= 4 is 5.78 Å². The Morgan fingerprint density at radius 2 is 1.89 bits per heavy atom. The van der Waals surface area contributed by atoms with Crippen molar-refractivity contribution in [3.05, 3.63) is 58.5 Å². The minimum Gasteiger partial charge on any atom is -0.508 e. The second-order valence-corrected chi connectivity index (χ2v) is 10.4. The van der Waals surface area contributed by atoms with Gasteiger partial charge in [-0.2, -0.15) is 0 Å². The number of nitrogens with one attached hydrogen (secondary N) is 1. The lowest BCUT2D eigenvalue weighted by molar-refractivity contribution is -0.193. The zero-order valence-electron chi connectivity index (χ0n) is 20.7.